The summed E-state index contributed by atoms with van der Waals surface area (Å²) in [4.78, 5) is 0. The van der Waals surface area contributed by atoms with Crippen molar-refractivity contribution in [2.45, 2.75) is 0 Å². The standard InChI is InChI=1S/C54H35N3/c1-2-12-36(13-3-1)37-24-30-41(31-25-37)56-51-20-10-6-16-45(51)47-34-35-48-46-17-7-11-21-52(46)57(54(48)53(47)56)42-32-26-39(27-33-42)38-22-28-40(29-23-38)55-49-18-8-4-14-43(49)44-15-5-9-19-50(44)55/h1-35H. The van der Waals surface area contributed by atoms with Gasteiger partial charge in [-0.05, 0) is 82.9 Å². The molecule has 0 aliphatic heterocycles. The molecule has 3 heterocycles. The van der Waals surface area contributed by atoms with Crippen LogP contribution in [-0.4, -0.2) is 13.7 Å². The molecule has 0 atom stereocenters. The SMILES string of the molecule is c1ccc(-c2ccc(-n3c4ccccc4c4ccc5c6ccccc6n(-c6ccc(-c7ccc(-n8c9ccccc9c9ccccc98)cc7)cc6)c5c43)cc2)cc1. The molecule has 0 aliphatic rings. The Balaban J connectivity index is 1.01. The number of hydrogen-bond acceptors (Lipinski definition) is 0. The molecule has 0 radical (unpaired) electrons. The van der Waals surface area contributed by atoms with Crippen LogP contribution in [0.2, 0.25) is 0 Å². The highest BCUT2D eigenvalue weighted by molar-refractivity contribution is 6.23. The Bertz CT molecular complexity index is 3420. The Labute approximate surface area is 329 Å². The van der Waals surface area contributed by atoms with Gasteiger partial charge < -0.3 is 13.7 Å². The van der Waals surface area contributed by atoms with E-state index in [0.29, 0.717) is 0 Å². The Morgan fingerprint density at radius 3 is 0.860 bits per heavy atom. The van der Waals surface area contributed by atoms with Crippen LogP contribution in [0.3, 0.4) is 0 Å². The zero-order valence-corrected chi connectivity index (χ0v) is 31.0. The van der Waals surface area contributed by atoms with Crippen molar-refractivity contribution in [3.05, 3.63) is 212 Å². The number of hydrogen-bond donors (Lipinski definition) is 0. The largest absolute Gasteiger partial charge is 0.309 e. The summed E-state index contributed by atoms with van der Waals surface area (Å²) in [5.74, 6) is 0. The third kappa shape index (κ3) is 4.79. The summed E-state index contributed by atoms with van der Waals surface area (Å²) in [6.45, 7) is 0. The maximum Gasteiger partial charge on any atom is 0.0788 e. The molecule has 0 bridgehead atoms. The van der Waals surface area contributed by atoms with Crippen LogP contribution < -0.4 is 0 Å². The van der Waals surface area contributed by atoms with Crippen molar-refractivity contribution in [3.8, 4) is 39.3 Å². The van der Waals surface area contributed by atoms with E-state index in [-0.39, 0.29) is 0 Å². The van der Waals surface area contributed by atoms with E-state index in [1.165, 1.54) is 87.7 Å². The first kappa shape index (κ1) is 31.7. The highest BCUT2D eigenvalue weighted by atomic mass is 15.0. The zero-order chi connectivity index (χ0) is 37.5. The van der Waals surface area contributed by atoms with Gasteiger partial charge in [0.15, 0.2) is 0 Å². The van der Waals surface area contributed by atoms with E-state index in [1.54, 1.807) is 0 Å². The first-order chi connectivity index (χ1) is 28.3. The molecule has 0 amide bonds. The number of nitrogens with zero attached hydrogens (tertiary/aromatic N) is 3. The van der Waals surface area contributed by atoms with Gasteiger partial charge in [-0.2, -0.15) is 0 Å². The van der Waals surface area contributed by atoms with Gasteiger partial charge in [-0.3, -0.25) is 0 Å². The molecule has 0 saturated heterocycles. The monoisotopic (exact) mass is 725 g/mol. The second kappa shape index (κ2) is 12.5. The molecular formula is C54H35N3. The van der Waals surface area contributed by atoms with Crippen LogP contribution in [0.15, 0.2) is 212 Å². The fraction of sp³-hybridized carbons (Fsp3) is 0. The van der Waals surface area contributed by atoms with Crippen LogP contribution >= 0.6 is 0 Å². The maximum absolute atomic E-state index is 2.47. The molecule has 0 N–H and O–H groups in total. The minimum absolute atomic E-state index is 1.13. The van der Waals surface area contributed by atoms with Crippen LogP contribution in [0, 0.1) is 0 Å². The number of benzene rings is 9. The number of rotatable bonds is 5. The van der Waals surface area contributed by atoms with Crippen molar-refractivity contribution < 1.29 is 0 Å². The van der Waals surface area contributed by atoms with Gasteiger partial charge in [0.1, 0.15) is 0 Å². The zero-order valence-electron chi connectivity index (χ0n) is 31.0. The topological polar surface area (TPSA) is 14.8 Å². The summed E-state index contributed by atoms with van der Waals surface area (Å²) in [5, 5.41) is 7.53. The van der Waals surface area contributed by atoms with Crippen molar-refractivity contribution >= 4 is 65.4 Å². The third-order valence-corrected chi connectivity index (χ3v) is 11.9. The second-order valence-electron chi connectivity index (χ2n) is 14.9. The Morgan fingerprint density at radius 2 is 0.474 bits per heavy atom. The van der Waals surface area contributed by atoms with E-state index in [9.17, 15) is 0 Å². The summed E-state index contributed by atoms with van der Waals surface area (Å²) < 4.78 is 7.30. The normalized spacial score (nSPS) is 11.9. The molecule has 0 spiro atoms. The first-order valence-electron chi connectivity index (χ1n) is 19.6. The van der Waals surface area contributed by atoms with Gasteiger partial charge in [0.2, 0.25) is 0 Å². The molecule has 3 aromatic heterocycles. The molecule has 0 unspecified atom stereocenters. The fourth-order valence-electron chi connectivity index (χ4n) is 9.28. The molecule has 3 nitrogen and oxygen atoms in total. The molecule has 9 aromatic carbocycles. The van der Waals surface area contributed by atoms with E-state index in [0.717, 1.165) is 17.1 Å². The molecule has 0 saturated carbocycles. The van der Waals surface area contributed by atoms with E-state index in [1.807, 2.05) is 0 Å². The second-order valence-corrected chi connectivity index (χ2v) is 14.9. The van der Waals surface area contributed by atoms with Gasteiger partial charge in [0.05, 0.1) is 33.1 Å². The van der Waals surface area contributed by atoms with E-state index in [4.69, 9.17) is 0 Å². The van der Waals surface area contributed by atoms with Crippen molar-refractivity contribution in [1.29, 1.82) is 0 Å². The van der Waals surface area contributed by atoms with E-state index >= 15 is 0 Å². The molecular weight excluding hydrogens is 691 g/mol. The smallest absolute Gasteiger partial charge is 0.0788 e. The van der Waals surface area contributed by atoms with Crippen molar-refractivity contribution in [1.82, 2.24) is 13.7 Å². The van der Waals surface area contributed by atoms with Gasteiger partial charge in [-0.25, -0.2) is 0 Å². The molecule has 266 valence electrons. The molecule has 0 aliphatic carbocycles. The lowest BCUT2D eigenvalue weighted by Crippen LogP contribution is -1.99. The van der Waals surface area contributed by atoms with Gasteiger partial charge >= 0.3 is 0 Å². The Morgan fingerprint density at radius 1 is 0.193 bits per heavy atom. The lowest BCUT2D eigenvalue weighted by atomic mass is 10.0. The number of aromatic nitrogens is 3. The average Bonchev–Trinajstić information content (AvgIpc) is 3.93. The van der Waals surface area contributed by atoms with Crippen LogP contribution in [0.1, 0.15) is 0 Å². The molecule has 57 heavy (non-hydrogen) atoms. The van der Waals surface area contributed by atoms with Crippen LogP contribution in [0.4, 0.5) is 0 Å². The molecule has 12 aromatic rings. The summed E-state index contributed by atoms with van der Waals surface area (Å²) in [6.07, 6.45) is 0. The highest BCUT2D eigenvalue weighted by Crippen LogP contribution is 2.42. The predicted octanol–water partition coefficient (Wildman–Crippen LogP) is 14.3. The number of para-hydroxylation sites is 4. The number of fused-ring (bicyclic) bond motifs is 10. The van der Waals surface area contributed by atoms with Crippen molar-refractivity contribution in [2.24, 2.45) is 0 Å². The summed E-state index contributed by atoms with van der Waals surface area (Å²) in [7, 11) is 0. The average molecular weight is 726 g/mol. The Hall–Kier alpha value is -7.62. The molecule has 3 heteroatoms. The minimum Gasteiger partial charge on any atom is -0.309 e. The lowest BCUT2D eigenvalue weighted by molar-refractivity contribution is 1.15. The predicted molar refractivity (Wildman–Crippen MR) is 240 cm³/mol. The highest BCUT2D eigenvalue weighted by Gasteiger charge is 2.21. The maximum atomic E-state index is 2.47. The van der Waals surface area contributed by atoms with Crippen LogP contribution in [-0.2, 0) is 0 Å². The van der Waals surface area contributed by atoms with Gasteiger partial charge in [0, 0.05) is 49.4 Å². The lowest BCUT2D eigenvalue weighted by Gasteiger charge is -2.14. The van der Waals surface area contributed by atoms with E-state index in [2.05, 4.69) is 226 Å². The Kier molecular flexibility index (Phi) is 6.93. The summed E-state index contributed by atoms with van der Waals surface area (Å²) in [6, 6.07) is 77.3. The van der Waals surface area contributed by atoms with Crippen molar-refractivity contribution in [2.75, 3.05) is 0 Å². The summed E-state index contributed by atoms with van der Waals surface area (Å²) >= 11 is 0. The first-order valence-corrected chi connectivity index (χ1v) is 19.6. The van der Waals surface area contributed by atoms with Gasteiger partial charge in [-0.15, -0.1) is 0 Å². The van der Waals surface area contributed by atoms with Crippen LogP contribution in [0.5, 0.6) is 0 Å². The molecule has 0 fully saturated rings. The third-order valence-electron chi connectivity index (χ3n) is 11.9. The quantitative estimate of drug-likeness (QED) is 0.168. The van der Waals surface area contributed by atoms with Gasteiger partial charge in [0.25, 0.3) is 0 Å². The summed E-state index contributed by atoms with van der Waals surface area (Å²) in [5.41, 5.74) is 15.5. The van der Waals surface area contributed by atoms with Crippen LogP contribution in [0.25, 0.3) is 105 Å². The minimum atomic E-state index is 1.13. The fourth-order valence-corrected chi connectivity index (χ4v) is 9.28. The van der Waals surface area contributed by atoms with Crippen molar-refractivity contribution in [3.63, 3.8) is 0 Å². The molecule has 12 rings (SSSR count). The van der Waals surface area contributed by atoms with Gasteiger partial charge in [-0.1, -0.05) is 152 Å². The van der Waals surface area contributed by atoms with E-state index < -0.39 is 0 Å².